The molecule has 0 bridgehead atoms. The van der Waals surface area contributed by atoms with Crippen molar-refractivity contribution in [2.75, 3.05) is 13.2 Å². The zero-order valence-electron chi connectivity index (χ0n) is 10.7. The lowest BCUT2D eigenvalue weighted by Gasteiger charge is -2.09. The summed E-state index contributed by atoms with van der Waals surface area (Å²) in [7, 11) is 0. The highest BCUT2D eigenvalue weighted by Crippen LogP contribution is 2.32. The Balaban J connectivity index is 2.82. The number of hydrazone groups is 1. The number of thiocarbonyl (C=S) groups is 1. The van der Waals surface area contributed by atoms with Crippen LogP contribution in [0.5, 0.6) is 11.5 Å². The molecule has 0 heterocycles. The van der Waals surface area contributed by atoms with E-state index < -0.39 is 0 Å². The van der Waals surface area contributed by atoms with Gasteiger partial charge in [0.1, 0.15) is 0 Å². The fourth-order valence-corrected chi connectivity index (χ4v) is 1.97. The van der Waals surface area contributed by atoms with Crippen molar-refractivity contribution in [2.45, 2.75) is 13.8 Å². The number of nitrogens with zero attached hydrogens (tertiary/aromatic N) is 1. The van der Waals surface area contributed by atoms with Crippen molar-refractivity contribution in [3.8, 4) is 11.5 Å². The summed E-state index contributed by atoms with van der Waals surface area (Å²) in [4.78, 5) is 0. The molecule has 0 spiro atoms. The van der Waals surface area contributed by atoms with Gasteiger partial charge in [-0.15, -0.1) is 0 Å². The number of rotatable bonds is 5. The lowest BCUT2D eigenvalue weighted by atomic mass is 10.2. The number of nitrogens with one attached hydrogen (secondary N) is 2. The van der Waals surface area contributed by atoms with E-state index in [-0.39, 0.29) is 5.75 Å². The van der Waals surface area contributed by atoms with Gasteiger partial charge < -0.3 is 15.2 Å². The molecule has 19 heavy (non-hydrogen) atoms. The molecule has 1 aromatic carbocycles. The number of phenolic OH excluding ortho intramolecular Hbond substituents is 1. The van der Waals surface area contributed by atoms with Crippen LogP contribution in [0.1, 0.15) is 19.4 Å². The Morgan fingerprint density at radius 3 is 2.89 bits per heavy atom. The van der Waals surface area contributed by atoms with Gasteiger partial charge in [0.15, 0.2) is 16.6 Å². The summed E-state index contributed by atoms with van der Waals surface area (Å²) in [6, 6.07) is 3.44. The summed E-state index contributed by atoms with van der Waals surface area (Å²) in [6.45, 7) is 4.98. The third-order valence-electron chi connectivity index (χ3n) is 2.08. The Hall–Kier alpha value is -1.34. The smallest absolute Gasteiger partial charge is 0.186 e. The average molecular weight is 346 g/mol. The first kappa shape index (κ1) is 15.7. The van der Waals surface area contributed by atoms with Gasteiger partial charge in [0, 0.05) is 16.6 Å². The van der Waals surface area contributed by atoms with E-state index in [1.54, 1.807) is 12.1 Å². The van der Waals surface area contributed by atoms with E-state index in [0.717, 1.165) is 11.0 Å². The molecule has 0 atom stereocenters. The van der Waals surface area contributed by atoms with E-state index in [1.165, 1.54) is 6.21 Å². The molecule has 0 radical (unpaired) electrons. The summed E-state index contributed by atoms with van der Waals surface area (Å²) in [6.07, 6.45) is 1.48. The second-order valence-electron chi connectivity index (χ2n) is 3.50. The SMILES string of the molecule is CCNC(=S)N/N=C\c1cc(Br)cc(OCC)c1O. The highest BCUT2D eigenvalue weighted by Gasteiger charge is 2.08. The molecule has 0 aliphatic heterocycles. The minimum Gasteiger partial charge on any atom is -0.504 e. The molecule has 0 saturated carbocycles. The maximum atomic E-state index is 10.00. The van der Waals surface area contributed by atoms with Crippen LogP contribution in [0.3, 0.4) is 0 Å². The predicted molar refractivity (Wildman–Crippen MR) is 84.0 cm³/mol. The monoisotopic (exact) mass is 345 g/mol. The molecule has 104 valence electrons. The zero-order chi connectivity index (χ0) is 14.3. The van der Waals surface area contributed by atoms with Crippen LogP contribution in [0.15, 0.2) is 21.7 Å². The van der Waals surface area contributed by atoms with Gasteiger partial charge in [-0.1, -0.05) is 15.9 Å². The van der Waals surface area contributed by atoms with Crippen LogP contribution >= 0.6 is 28.1 Å². The molecule has 0 unspecified atom stereocenters. The van der Waals surface area contributed by atoms with E-state index in [9.17, 15) is 5.11 Å². The summed E-state index contributed by atoms with van der Waals surface area (Å²) in [5.74, 6) is 0.456. The predicted octanol–water partition coefficient (Wildman–Crippen LogP) is 2.37. The fraction of sp³-hybridized carbons (Fsp3) is 0.333. The first-order chi connectivity index (χ1) is 9.08. The average Bonchev–Trinajstić information content (AvgIpc) is 2.35. The van der Waals surface area contributed by atoms with Crippen molar-refractivity contribution >= 4 is 39.5 Å². The largest absolute Gasteiger partial charge is 0.504 e. The van der Waals surface area contributed by atoms with Crippen molar-refractivity contribution in [1.82, 2.24) is 10.7 Å². The van der Waals surface area contributed by atoms with Gasteiger partial charge in [-0.25, -0.2) is 0 Å². The molecular formula is C12H16BrN3O2S. The van der Waals surface area contributed by atoms with Crippen LogP contribution in [-0.2, 0) is 0 Å². The molecule has 7 heteroatoms. The first-order valence-electron chi connectivity index (χ1n) is 5.80. The molecule has 1 rings (SSSR count). The molecule has 0 fully saturated rings. The second-order valence-corrected chi connectivity index (χ2v) is 4.83. The maximum absolute atomic E-state index is 10.00. The summed E-state index contributed by atoms with van der Waals surface area (Å²) >= 11 is 8.31. The lowest BCUT2D eigenvalue weighted by Crippen LogP contribution is -2.31. The van der Waals surface area contributed by atoms with Crippen molar-refractivity contribution in [3.63, 3.8) is 0 Å². The minimum atomic E-state index is 0.0463. The molecule has 1 aromatic rings. The zero-order valence-corrected chi connectivity index (χ0v) is 13.1. The minimum absolute atomic E-state index is 0.0463. The number of halogens is 1. The Labute approximate surface area is 126 Å². The Morgan fingerprint density at radius 2 is 2.26 bits per heavy atom. The lowest BCUT2D eigenvalue weighted by molar-refractivity contribution is 0.317. The molecule has 0 saturated heterocycles. The standard InChI is InChI=1S/C12H16BrN3O2S/c1-3-14-12(19)16-15-7-8-5-9(13)6-10(11(8)17)18-4-2/h5-7,17H,3-4H2,1-2H3,(H2,14,16,19)/b15-7-. The molecule has 3 N–H and O–H groups in total. The van der Waals surface area contributed by atoms with E-state index in [1.807, 2.05) is 13.8 Å². The van der Waals surface area contributed by atoms with Crippen LogP contribution in [-0.4, -0.2) is 29.6 Å². The molecule has 0 aliphatic rings. The highest BCUT2D eigenvalue weighted by atomic mass is 79.9. The number of hydrogen-bond donors (Lipinski definition) is 3. The van der Waals surface area contributed by atoms with Gasteiger partial charge in [0.05, 0.1) is 12.8 Å². The van der Waals surface area contributed by atoms with Gasteiger partial charge in [0.25, 0.3) is 0 Å². The van der Waals surface area contributed by atoms with Crippen molar-refractivity contribution in [3.05, 3.63) is 22.2 Å². The van der Waals surface area contributed by atoms with Gasteiger partial charge in [0.2, 0.25) is 0 Å². The van der Waals surface area contributed by atoms with Crippen molar-refractivity contribution in [2.24, 2.45) is 5.10 Å². The number of phenols is 1. The van der Waals surface area contributed by atoms with E-state index in [4.69, 9.17) is 17.0 Å². The normalized spacial score (nSPS) is 10.5. The molecule has 0 amide bonds. The highest BCUT2D eigenvalue weighted by molar-refractivity contribution is 9.10. The van der Waals surface area contributed by atoms with Gasteiger partial charge in [-0.3, -0.25) is 5.43 Å². The number of hydrogen-bond acceptors (Lipinski definition) is 4. The van der Waals surface area contributed by atoms with Crippen LogP contribution < -0.4 is 15.5 Å². The van der Waals surface area contributed by atoms with Crippen LogP contribution in [0.2, 0.25) is 0 Å². The summed E-state index contributed by atoms with van der Waals surface area (Å²) in [5, 5.41) is 17.3. The Morgan fingerprint density at radius 1 is 1.53 bits per heavy atom. The van der Waals surface area contributed by atoms with Crippen molar-refractivity contribution < 1.29 is 9.84 Å². The maximum Gasteiger partial charge on any atom is 0.186 e. The van der Waals surface area contributed by atoms with E-state index in [0.29, 0.717) is 23.0 Å². The third kappa shape index (κ3) is 5.04. The number of ether oxygens (including phenoxy) is 1. The fourth-order valence-electron chi connectivity index (χ4n) is 1.32. The molecular weight excluding hydrogens is 330 g/mol. The van der Waals surface area contributed by atoms with Gasteiger partial charge in [-0.2, -0.15) is 5.10 Å². The van der Waals surface area contributed by atoms with Crippen LogP contribution in [0.4, 0.5) is 0 Å². The van der Waals surface area contributed by atoms with E-state index >= 15 is 0 Å². The topological polar surface area (TPSA) is 65.9 Å². The van der Waals surface area contributed by atoms with E-state index in [2.05, 4.69) is 31.8 Å². The molecule has 0 aliphatic carbocycles. The molecule has 0 aromatic heterocycles. The number of aromatic hydroxyl groups is 1. The van der Waals surface area contributed by atoms with Crippen molar-refractivity contribution in [1.29, 1.82) is 0 Å². The molecule has 5 nitrogen and oxygen atoms in total. The first-order valence-corrected chi connectivity index (χ1v) is 7.00. The Kier molecular flexibility index (Phi) is 6.58. The van der Waals surface area contributed by atoms with Crippen LogP contribution in [0.25, 0.3) is 0 Å². The quantitative estimate of drug-likeness (QED) is 0.434. The third-order valence-corrected chi connectivity index (χ3v) is 2.77. The van der Waals surface area contributed by atoms with Crippen LogP contribution in [0, 0.1) is 0 Å². The summed E-state index contributed by atoms with van der Waals surface area (Å²) in [5.41, 5.74) is 3.18. The second kappa shape index (κ2) is 7.96. The summed E-state index contributed by atoms with van der Waals surface area (Å²) < 4.78 is 6.12. The van der Waals surface area contributed by atoms with Gasteiger partial charge >= 0.3 is 0 Å². The number of benzene rings is 1. The Bertz CT molecular complexity index is 480. The van der Waals surface area contributed by atoms with Gasteiger partial charge in [-0.05, 0) is 38.2 Å².